The standard InChI is InChI=1S/C12H21N5/c1-3-10-11(14-7-15-12(10)17-13)16-8(2)6-9-4-5-9/h7-9H,3-6,13H2,1-2H3,(H2,14,15,16,17). The lowest BCUT2D eigenvalue weighted by Crippen LogP contribution is -2.20. The van der Waals surface area contributed by atoms with Crippen molar-refractivity contribution in [3.8, 4) is 0 Å². The molecule has 5 heteroatoms. The van der Waals surface area contributed by atoms with Gasteiger partial charge in [0.15, 0.2) is 0 Å². The Hall–Kier alpha value is -1.36. The molecule has 94 valence electrons. The van der Waals surface area contributed by atoms with E-state index in [4.69, 9.17) is 5.84 Å². The van der Waals surface area contributed by atoms with E-state index in [1.807, 2.05) is 0 Å². The second-order valence-corrected chi connectivity index (χ2v) is 4.77. The van der Waals surface area contributed by atoms with E-state index in [0.29, 0.717) is 11.9 Å². The monoisotopic (exact) mass is 235 g/mol. The average Bonchev–Trinajstić information content (AvgIpc) is 3.12. The molecule has 0 bridgehead atoms. The van der Waals surface area contributed by atoms with Gasteiger partial charge in [-0.05, 0) is 25.7 Å². The predicted molar refractivity (Wildman–Crippen MR) is 69.6 cm³/mol. The van der Waals surface area contributed by atoms with Gasteiger partial charge in [0.25, 0.3) is 0 Å². The molecule has 1 heterocycles. The molecule has 5 nitrogen and oxygen atoms in total. The predicted octanol–water partition coefficient (Wildman–Crippen LogP) is 1.93. The van der Waals surface area contributed by atoms with Gasteiger partial charge < -0.3 is 10.7 Å². The Balaban J connectivity index is 2.07. The Morgan fingerprint density at radius 3 is 2.71 bits per heavy atom. The van der Waals surface area contributed by atoms with Crippen molar-refractivity contribution in [2.45, 2.75) is 45.6 Å². The first-order valence-corrected chi connectivity index (χ1v) is 6.31. The Morgan fingerprint density at radius 2 is 2.12 bits per heavy atom. The molecule has 1 aliphatic carbocycles. The maximum atomic E-state index is 5.45. The number of nitrogens with two attached hydrogens (primary N) is 1. The van der Waals surface area contributed by atoms with Gasteiger partial charge in [-0.1, -0.05) is 19.8 Å². The lowest BCUT2D eigenvalue weighted by Gasteiger charge is -2.17. The van der Waals surface area contributed by atoms with Gasteiger partial charge in [-0.15, -0.1) is 0 Å². The molecule has 0 aliphatic heterocycles. The summed E-state index contributed by atoms with van der Waals surface area (Å²) in [5.41, 5.74) is 3.68. The van der Waals surface area contributed by atoms with Crippen LogP contribution >= 0.6 is 0 Å². The van der Waals surface area contributed by atoms with Gasteiger partial charge in [0.2, 0.25) is 0 Å². The molecule has 1 aliphatic rings. The highest BCUT2D eigenvalue weighted by Gasteiger charge is 2.24. The van der Waals surface area contributed by atoms with Gasteiger partial charge in [0.05, 0.1) is 0 Å². The second-order valence-electron chi connectivity index (χ2n) is 4.77. The largest absolute Gasteiger partial charge is 0.367 e. The maximum Gasteiger partial charge on any atom is 0.148 e. The number of nitrogen functional groups attached to an aromatic ring is 1. The van der Waals surface area contributed by atoms with Gasteiger partial charge in [0, 0.05) is 11.6 Å². The number of anilines is 2. The Labute approximate surface area is 102 Å². The van der Waals surface area contributed by atoms with Crippen LogP contribution in [0.3, 0.4) is 0 Å². The van der Waals surface area contributed by atoms with E-state index in [1.54, 1.807) is 6.33 Å². The Kier molecular flexibility index (Phi) is 3.78. The van der Waals surface area contributed by atoms with Crippen LogP contribution in [0.4, 0.5) is 11.6 Å². The van der Waals surface area contributed by atoms with Crippen LogP contribution in [0, 0.1) is 5.92 Å². The van der Waals surface area contributed by atoms with Crippen LogP contribution < -0.4 is 16.6 Å². The van der Waals surface area contributed by atoms with Crippen LogP contribution in [-0.2, 0) is 6.42 Å². The fourth-order valence-electron chi connectivity index (χ4n) is 2.14. The van der Waals surface area contributed by atoms with Crippen LogP contribution in [0.1, 0.15) is 38.7 Å². The summed E-state index contributed by atoms with van der Waals surface area (Å²) < 4.78 is 0. The third-order valence-electron chi connectivity index (χ3n) is 3.20. The molecule has 1 saturated carbocycles. The van der Waals surface area contributed by atoms with Crippen molar-refractivity contribution in [1.29, 1.82) is 0 Å². The summed E-state index contributed by atoms with van der Waals surface area (Å²) in [5, 5.41) is 3.46. The lowest BCUT2D eigenvalue weighted by molar-refractivity contribution is 0.639. The fourth-order valence-corrected chi connectivity index (χ4v) is 2.14. The molecule has 1 aromatic heterocycles. The third kappa shape index (κ3) is 3.06. The summed E-state index contributed by atoms with van der Waals surface area (Å²) in [7, 11) is 0. The molecule has 0 aromatic carbocycles. The molecular formula is C12H21N5. The highest BCUT2D eigenvalue weighted by atomic mass is 15.3. The molecule has 17 heavy (non-hydrogen) atoms. The SMILES string of the molecule is CCc1c(NN)ncnc1NC(C)CC1CC1. The highest BCUT2D eigenvalue weighted by Crippen LogP contribution is 2.34. The van der Waals surface area contributed by atoms with Crippen LogP contribution in [-0.4, -0.2) is 16.0 Å². The van der Waals surface area contributed by atoms with Gasteiger partial charge >= 0.3 is 0 Å². The number of rotatable bonds is 6. The number of hydrogen-bond acceptors (Lipinski definition) is 5. The molecule has 1 aromatic rings. The highest BCUT2D eigenvalue weighted by molar-refractivity contribution is 5.57. The number of hydrogen-bond donors (Lipinski definition) is 3. The van der Waals surface area contributed by atoms with Crippen molar-refractivity contribution in [2.24, 2.45) is 11.8 Å². The normalized spacial score (nSPS) is 16.6. The van der Waals surface area contributed by atoms with E-state index in [1.165, 1.54) is 19.3 Å². The van der Waals surface area contributed by atoms with Crippen molar-refractivity contribution >= 4 is 11.6 Å². The van der Waals surface area contributed by atoms with Crippen molar-refractivity contribution < 1.29 is 0 Å². The van der Waals surface area contributed by atoms with Crippen LogP contribution in [0.5, 0.6) is 0 Å². The molecule has 4 N–H and O–H groups in total. The number of nitrogens with one attached hydrogen (secondary N) is 2. The quantitative estimate of drug-likeness (QED) is 0.519. The summed E-state index contributed by atoms with van der Waals surface area (Å²) in [6, 6.07) is 0.452. The molecule has 0 spiro atoms. The van der Waals surface area contributed by atoms with Crippen molar-refractivity contribution in [1.82, 2.24) is 9.97 Å². The average molecular weight is 235 g/mol. The Morgan fingerprint density at radius 1 is 1.41 bits per heavy atom. The van der Waals surface area contributed by atoms with E-state index in [9.17, 15) is 0 Å². The number of aromatic nitrogens is 2. The zero-order chi connectivity index (χ0) is 12.3. The van der Waals surface area contributed by atoms with Crippen LogP contribution in [0.15, 0.2) is 6.33 Å². The van der Waals surface area contributed by atoms with Gasteiger partial charge in [0.1, 0.15) is 18.0 Å². The first-order chi connectivity index (χ1) is 8.24. The molecule has 1 unspecified atom stereocenters. The molecule has 1 fully saturated rings. The second kappa shape index (κ2) is 5.31. The van der Waals surface area contributed by atoms with Crippen molar-refractivity contribution in [3.05, 3.63) is 11.9 Å². The first-order valence-electron chi connectivity index (χ1n) is 6.31. The lowest BCUT2D eigenvalue weighted by atomic mass is 10.1. The number of nitrogens with zero attached hydrogens (tertiary/aromatic N) is 2. The molecule has 1 atom stereocenters. The Bertz CT molecular complexity index is 375. The van der Waals surface area contributed by atoms with Gasteiger partial charge in [-0.25, -0.2) is 15.8 Å². The summed E-state index contributed by atoms with van der Waals surface area (Å²) in [6.07, 6.45) is 6.38. The van der Waals surface area contributed by atoms with E-state index in [-0.39, 0.29) is 0 Å². The van der Waals surface area contributed by atoms with Crippen molar-refractivity contribution in [2.75, 3.05) is 10.7 Å². The van der Waals surface area contributed by atoms with E-state index in [0.717, 1.165) is 23.7 Å². The zero-order valence-electron chi connectivity index (χ0n) is 10.5. The first kappa shape index (κ1) is 12.1. The molecule has 0 saturated heterocycles. The van der Waals surface area contributed by atoms with Crippen molar-refractivity contribution in [3.63, 3.8) is 0 Å². The minimum Gasteiger partial charge on any atom is -0.367 e. The van der Waals surface area contributed by atoms with E-state index < -0.39 is 0 Å². The van der Waals surface area contributed by atoms with E-state index in [2.05, 4.69) is 34.6 Å². The van der Waals surface area contributed by atoms with Crippen LogP contribution in [0.2, 0.25) is 0 Å². The minimum absolute atomic E-state index is 0.452. The topological polar surface area (TPSA) is 75.9 Å². The summed E-state index contributed by atoms with van der Waals surface area (Å²) in [5.74, 6) is 7.98. The summed E-state index contributed by atoms with van der Waals surface area (Å²) >= 11 is 0. The third-order valence-corrected chi connectivity index (χ3v) is 3.20. The number of hydrazine groups is 1. The molecule has 2 rings (SSSR count). The van der Waals surface area contributed by atoms with Gasteiger partial charge in [-0.2, -0.15) is 0 Å². The fraction of sp³-hybridized carbons (Fsp3) is 0.667. The van der Waals surface area contributed by atoms with E-state index >= 15 is 0 Å². The van der Waals surface area contributed by atoms with Crippen LogP contribution in [0.25, 0.3) is 0 Å². The molecule has 0 amide bonds. The molecule has 0 radical (unpaired) electrons. The summed E-state index contributed by atoms with van der Waals surface area (Å²) in [4.78, 5) is 8.43. The smallest absolute Gasteiger partial charge is 0.148 e. The summed E-state index contributed by atoms with van der Waals surface area (Å²) in [6.45, 7) is 4.28. The molecular weight excluding hydrogens is 214 g/mol. The zero-order valence-corrected chi connectivity index (χ0v) is 10.5. The minimum atomic E-state index is 0.452. The maximum absolute atomic E-state index is 5.45. The van der Waals surface area contributed by atoms with Gasteiger partial charge in [-0.3, -0.25) is 0 Å².